The lowest BCUT2D eigenvalue weighted by atomic mass is 10.0. The molecule has 0 spiro atoms. The molecule has 0 aromatic heterocycles. The van der Waals surface area contributed by atoms with E-state index in [0.29, 0.717) is 0 Å². The van der Waals surface area contributed by atoms with Crippen LogP contribution in [0.4, 0.5) is 0 Å². The number of carbonyl (C=O) groups is 4. The van der Waals surface area contributed by atoms with Gasteiger partial charge < -0.3 is 18.9 Å². The fourth-order valence-electron chi connectivity index (χ4n) is 2.26. The van der Waals surface area contributed by atoms with Gasteiger partial charge in [0.05, 0.1) is 28.4 Å². The molecule has 20 heavy (non-hydrogen) atoms. The minimum Gasteiger partial charge on any atom is -0.469 e. The van der Waals surface area contributed by atoms with Gasteiger partial charge in [0, 0.05) is 0 Å². The van der Waals surface area contributed by atoms with Gasteiger partial charge in [0.1, 0.15) is 5.92 Å². The number of rotatable bonds is 4. The van der Waals surface area contributed by atoms with Gasteiger partial charge in [0.25, 0.3) is 0 Å². The van der Waals surface area contributed by atoms with Crippen LogP contribution in [-0.2, 0) is 38.1 Å². The summed E-state index contributed by atoms with van der Waals surface area (Å²) in [5.74, 6) is -6.11. The van der Waals surface area contributed by atoms with Crippen LogP contribution in [0.5, 0.6) is 0 Å². The number of methoxy groups -OCH3 is 4. The topological polar surface area (TPSA) is 105 Å². The Morgan fingerprint density at radius 1 is 0.800 bits per heavy atom. The summed E-state index contributed by atoms with van der Waals surface area (Å²) in [7, 11) is 3.98. The summed E-state index contributed by atoms with van der Waals surface area (Å²) in [6.45, 7) is 0. The van der Waals surface area contributed by atoms with Crippen LogP contribution >= 0.6 is 11.6 Å². The third-order valence-corrected chi connectivity index (χ3v) is 3.93. The van der Waals surface area contributed by atoms with E-state index < -0.39 is 40.1 Å². The molecule has 0 saturated heterocycles. The molecule has 1 saturated carbocycles. The van der Waals surface area contributed by atoms with Crippen molar-refractivity contribution in [3.63, 3.8) is 0 Å². The molecule has 0 amide bonds. The van der Waals surface area contributed by atoms with E-state index in [1.165, 1.54) is 0 Å². The Balaban J connectivity index is 3.47. The van der Waals surface area contributed by atoms with Crippen molar-refractivity contribution in [2.24, 2.45) is 11.3 Å². The van der Waals surface area contributed by atoms with Gasteiger partial charge in [-0.3, -0.25) is 19.2 Å². The van der Waals surface area contributed by atoms with E-state index in [0.717, 1.165) is 28.4 Å². The summed E-state index contributed by atoms with van der Waals surface area (Å²) >= 11 is 6.03. The largest absolute Gasteiger partial charge is 0.469 e. The summed E-state index contributed by atoms with van der Waals surface area (Å²) in [6, 6.07) is 0. The summed E-state index contributed by atoms with van der Waals surface area (Å²) in [4.78, 5) is 45.2. The molecule has 9 heteroatoms. The molecule has 1 aliphatic carbocycles. The smallest absolute Gasteiger partial charge is 0.329 e. The Morgan fingerprint density at radius 3 is 1.50 bits per heavy atom. The second-order valence-corrected chi connectivity index (χ2v) is 4.55. The molecular formula is C11H13ClO8. The molecule has 112 valence electrons. The van der Waals surface area contributed by atoms with Gasteiger partial charge in [-0.25, -0.2) is 0 Å². The van der Waals surface area contributed by atoms with E-state index in [1.54, 1.807) is 0 Å². The number of hydrogen-bond donors (Lipinski definition) is 0. The minimum atomic E-state index is -2.32. The summed E-state index contributed by atoms with van der Waals surface area (Å²) in [6.07, 6.45) is 0. The molecule has 1 aliphatic rings. The first kappa shape index (κ1) is 16.2. The van der Waals surface area contributed by atoms with Crippen LogP contribution in [0.15, 0.2) is 0 Å². The van der Waals surface area contributed by atoms with E-state index in [2.05, 4.69) is 18.9 Å². The quantitative estimate of drug-likeness (QED) is 0.290. The van der Waals surface area contributed by atoms with Crippen LogP contribution in [0.1, 0.15) is 0 Å². The predicted octanol–water partition coefficient (Wildman–Crippen LogP) is -0.728. The van der Waals surface area contributed by atoms with Gasteiger partial charge >= 0.3 is 23.9 Å². The highest BCUT2D eigenvalue weighted by Gasteiger charge is 2.93. The fourth-order valence-corrected chi connectivity index (χ4v) is 2.80. The Morgan fingerprint density at radius 2 is 1.20 bits per heavy atom. The van der Waals surface area contributed by atoms with Crippen LogP contribution in [0.3, 0.4) is 0 Å². The van der Waals surface area contributed by atoms with E-state index in [1.807, 2.05) is 0 Å². The number of hydrogen-bond acceptors (Lipinski definition) is 8. The molecule has 0 bridgehead atoms. The zero-order valence-corrected chi connectivity index (χ0v) is 12.0. The normalized spacial score (nSPS) is 26.1. The maximum atomic E-state index is 11.9. The molecule has 0 radical (unpaired) electrons. The average molecular weight is 309 g/mol. The predicted molar refractivity (Wildman–Crippen MR) is 62.6 cm³/mol. The molecule has 0 aliphatic heterocycles. The fraction of sp³-hybridized carbons (Fsp3) is 0.636. The highest BCUT2D eigenvalue weighted by molar-refractivity contribution is 6.46. The molecular weight excluding hydrogens is 296 g/mol. The van der Waals surface area contributed by atoms with Crippen LogP contribution in [0.25, 0.3) is 0 Å². The first-order chi connectivity index (χ1) is 9.30. The highest BCUT2D eigenvalue weighted by Crippen LogP contribution is 2.68. The Hall–Kier alpha value is -1.83. The molecule has 2 atom stereocenters. The number of halogens is 1. The first-order valence-electron chi connectivity index (χ1n) is 5.32. The molecule has 0 aromatic carbocycles. The average Bonchev–Trinajstić information content (AvgIpc) is 3.06. The van der Waals surface area contributed by atoms with Crippen molar-refractivity contribution in [2.75, 3.05) is 28.4 Å². The van der Waals surface area contributed by atoms with Crippen molar-refractivity contribution in [2.45, 2.75) is 4.87 Å². The molecule has 8 nitrogen and oxygen atoms in total. The second kappa shape index (κ2) is 5.28. The second-order valence-electron chi connectivity index (χ2n) is 3.95. The van der Waals surface area contributed by atoms with Crippen LogP contribution < -0.4 is 0 Å². The summed E-state index contributed by atoms with van der Waals surface area (Å²) in [5.41, 5.74) is -2.32. The first-order valence-corrected chi connectivity index (χ1v) is 5.70. The van der Waals surface area contributed by atoms with E-state index in [-0.39, 0.29) is 0 Å². The van der Waals surface area contributed by atoms with Gasteiger partial charge in [-0.1, -0.05) is 0 Å². The lowest BCUT2D eigenvalue weighted by Crippen LogP contribution is -2.39. The zero-order chi connectivity index (χ0) is 15.7. The number of alkyl halides is 1. The highest BCUT2D eigenvalue weighted by atomic mass is 35.5. The summed E-state index contributed by atoms with van der Waals surface area (Å²) in [5, 5.41) is 0. The van der Waals surface area contributed by atoms with Gasteiger partial charge in [-0.2, -0.15) is 0 Å². The van der Waals surface area contributed by atoms with E-state index >= 15 is 0 Å². The molecule has 1 fully saturated rings. The Labute approximate surface area is 119 Å². The van der Waals surface area contributed by atoms with Gasteiger partial charge in [-0.05, 0) is 0 Å². The minimum absolute atomic E-state index is 0.980. The van der Waals surface area contributed by atoms with Crippen molar-refractivity contribution in [3.05, 3.63) is 0 Å². The van der Waals surface area contributed by atoms with Gasteiger partial charge in [-0.15, -0.1) is 11.6 Å². The number of esters is 4. The van der Waals surface area contributed by atoms with Crippen LogP contribution in [0, 0.1) is 11.3 Å². The van der Waals surface area contributed by atoms with Gasteiger partial charge in [0.15, 0.2) is 4.87 Å². The maximum Gasteiger partial charge on any atom is 0.329 e. The van der Waals surface area contributed by atoms with Crippen molar-refractivity contribution < 1.29 is 38.1 Å². The third kappa shape index (κ3) is 1.67. The number of carbonyl (C=O) groups excluding carboxylic acids is 4. The monoisotopic (exact) mass is 308 g/mol. The molecule has 0 unspecified atom stereocenters. The van der Waals surface area contributed by atoms with Crippen molar-refractivity contribution in [1.82, 2.24) is 0 Å². The molecule has 0 aromatic rings. The third-order valence-electron chi connectivity index (χ3n) is 3.26. The molecule has 0 N–H and O–H groups in total. The van der Waals surface area contributed by atoms with Crippen LogP contribution in [-0.4, -0.2) is 57.2 Å². The molecule has 0 heterocycles. The van der Waals surface area contributed by atoms with Crippen molar-refractivity contribution in [3.8, 4) is 0 Å². The Bertz CT molecular complexity index is 457. The lowest BCUT2D eigenvalue weighted by Gasteiger charge is -2.14. The maximum absolute atomic E-state index is 11.9. The zero-order valence-electron chi connectivity index (χ0n) is 11.2. The van der Waals surface area contributed by atoms with Gasteiger partial charge in [0.2, 0.25) is 5.41 Å². The van der Waals surface area contributed by atoms with E-state index in [4.69, 9.17) is 11.6 Å². The lowest BCUT2D eigenvalue weighted by molar-refractivity contribution is -0.166. The SMILES string of the molecule is COC(=O)[C@H]1C(C(=O)OC)(C(=O)OC)[C@]1(Cl)C(=O)OC. The van der Waals surface area contributed by atoms with Crippen molar-refractivity contribution in [1.29, 1.82) is 0 Å². The summed E-state index contributed by atoms with van der Waals surface area (Å²) < 4.78 is 17.9. The standard InChI is InChI=1S/C11H13ClO8/c1-17-6(13)5-10(7(14)18-2,8(15)19-3)11(5,12)9(16)20-4/h5H,1-4H3/t5-,11+/m0/s1. The molecule has 1 rings (SSSR count). The van der Waals surface area contributed by atoms with Crippen molar-refractivity contribution >= 4 is 35.5 Å². The Kier molecular flexibility index (Phi) is 4.28. The van der Waals surface area contributed by atoms with Crippen LogP contribution in [0.2, 0.25) is 0 Å². The van der Waals surface area contributed by atoms with E-state index in [9.17, 15) is 19.2 Å². The number of ether oxygens (including phenoxy) is 4.